The smallest absolute Gasteiger partial charge is 0.183 e. The number of fused-ring (bicyclic) bond motifs is 3. The van der Waals surface area contributed by atoms with Crippen molar-refractivity contribution in [1.29, 1.82) is 0 Å². The van der Waals surface area contributed by atoms with Gasteiger partial charge in [0.05, 0.1) is 23.1 Å². The summed E-state index contributed by atoms with van der Waals surface area (Å²) in [6.07, 6.45) is 4.59. The van der Waals surface area contributed by atoms with Gasteiger partial charge in [0.15, 0.2) is 11.3 Å². The quantitative estimate of drug-likeness (QED) is 0.443. The van der Waals surface area contributed by atoms with Gasteiger partial charge in [-0.05, 0) is 37.8 Å². The molecule has 0 bridgehead atoms. The van der Waals surface area contributed by atoms with Gasteiger partial charge in [0.25, 0.3) is 0 Å². The molecular weight excluding hydrogens is 412 g/mol. The average Bonchev–Trinajstić information content (AvgIpc) is 3.18. The molecule has 1 aliphatic carbocycles. The third-order valence-electron chi connectivity index (χ3n) is 6.46. The van der Waals surface area contributed by atoms with Crippen molar-refractivity contribution in [3.05, 3.63) is 78.2 Å². The van der Waals surface area contributed by atoms with Gasteiger partial charge in [-0.15, -0.1) is 0 Å². The zero-order valence-corrected chi connectivity index (χ0v) is 18.5. The van der Waals surface area contributed by atoms with E-state index < -0.39 is 11.1 Å². The molecule has 3 aromatic heterocycles. The molecule has 1 fully saturated rings. The molecule has 7 nitrogen and oxygen atoms in total. The van der Waals surface area contributed by atoms with Gasteiger partial charge in [-0.1, -0.05) is 54.6 Å². The first-order chi connectivity index (χ1) is 15.8. The maximum absolute atomic E-state index is 10.2. The summed E-state index contributed by atoms with van der Waals surface area (Å²) in [5, 5.41) is 15.1. The van der Waals surface area contributed by atoms with Crippen molar-refractivity contribution in [1.82, 2.24) is 24.6 Å². The van der Waals surface area contributed by atoms with Crippen LogP contribution in [-0.2, 0) is 5.54 Å². The number of hydrogen-bond acceptors (Lipinski definition) is 6. The molecule has 0 amide bonds. The first-order valence-electron chi connectivity index (χ1n) is 11.0. The van der Waals surface area contributed by atoms with Gasteiger partial charge in [-0.25, -0.2) is 15.0 Å². The summed E-state index contributed by atoms with van der Waals surface area (Å²) in [6.45, 7) is 3.75. The molecule has 0 spiro atoms. The number of benzene rings is 2. The Kier molecular flexibility index (Phi) is 4.18. The number of hydrogen-bond donors (Lipinski definition) is 2. The fraction of sp³-hybridized carbons (Fsp3) is 0.231. The van der Waals surface area contributed by atoms with E-state index in [0.717, 1.165) is 39.3 Å². The van der Waals surface area contributed by atoms with E-state index in [1.54, 1.807) is 16.9 Å². The summed E-state index contributed by atoms with van der Waals surface area (Å²) in [6, 6.07) is 18.3. The van der Waals surface area contributed by atoms with Gasteiger partial charge < -0.3 is 10.8 Å². The second kappa shape index (κ2) is 6.91. The highest BCUT2D eigenvalue weighted by Crippen LogP contribution is 2.46. The molecule has 3 heterocycles. The fourth-order valence-electron chi connectivity index (χ4n) is 5.06. The molecule has 1 saturated carbocycles. The molecule has 0 radical (unpaired) electrons. The minimum absolute atomic E-state index is 0.492. The second-order valence-electron chi connectivity index (χ2n) is 9.39. The van der Waals surface area contributed by atoms with Gasteiger partial charge >= 0.3 is 0 Å². The standard InChI is InChI=1S/C26H24N6O/c1-16-12-28-20-13-29-24-21(17-6-4-3-5-7-17)22(31-32(24)23(20)30-16)18-8-10-19(11-9-18)26(27)14-25(2,33)15-26/h3-13,33H,14-15,27H2,1-2H3. The monoisotopic (exact) mass is 436 g/mol. The molecule has 3 N–H and O–H groups in total. The average molecular weight is 437 g/mol. The largest absolute Gasteiger partial charge is 0.390 e. The minimum atomic E-state index is -0.693. The van der Waals surface area contributed by atoms with Gasteiger partial charge in [0.2, 0.25) is 0 Å². The van der Waals surface area contributed by atoms with Crippen LogP contribution in [0.5, 0.6) is 0 Å². The van der Waals surface area contributed by atoms with Crippen LogP contribution in [0.2, 0.25) is 0 Å². The maximum Gasteiger partial charge on any atom is 0.183 e. The lowest BCUT2D eigenvalue weighted by atomic mass is 9.63. The predicted molar refractivity (Wildman–Crippen MR) is 127 cm³/mol. The van der Waals surface area contributed by atoms with Crippen LogP contribution in [0.1, 0.15) is 31.0 Å². The van der Waals surface area contributed by atoms with E-state index in [2.05, 4.69) is 22.1 Å². The number of nitrogens with zero attached hydrogens (tertiary/aromatic N) is 5. The highest BCUT2D eigenvalue weighted by molar-refractivity contribution is 5.92. The van der Waals surface area contributed by atoms with E-state index in [4.69, 9.17) is 15.8 Å². The zero-order chi connectivity index (χ0) is 22.8. The maximum atomic E-state index is 10.2. The van der Waals surface area contributed by atoms with Crippen molar-refractivity contribution in [2.75, 3.05) is 0 Å². The van der Waals surface area contributed by atoms with E-state index >= 15 is 0 Å². The van der Waals surface area contributed by atoms with E-state index in [1.165, 1.54) is 0 Å². The van der Waals surface area contributed by atoms with Gasteiger partial charge in [-0.3, -0.25) is 0 Å². The van der Waals surface area contributed by atoms with E-state index in [9.17, 15) is 5.11 Å². The van der Waals surface area contributed by atoms with Crippen LogP contribution in [-0.4, -0.2) is 35.3 Å². The first-order valence-corrected chi connectivity index (χ1v) is 11.0. The van der Waals surface area contributed by atoms with Gasteiger partial charge in [-0.2, -0.15) is 9.61 Å². The lowest BCUT2D eigenvalue weighted by Gasteiger charge is -2.49. The van der Waals surface area contributed by atoms with Crippen molar-refractivity contribution in [2.45, 2.75) is 37.8 Å². The Morgan fingerprint density at radius 1 is 0.909 bits per heavy atom. The van der Waals surface area contributed by atoms with E-state index in [-0.39, 0.29) is 0 Å². The molecule has 0 aliphatic heterocycles. The number of aryl methyl sites for hydroxylation is 1. The van der Waals surface area contributed by atoms with Crippen molar-refractivity contribution in [3.63, 3.8) is 0 Å². The van der Waals surface area contributed by atoms with Crippen LogP contribution in [0.15, 0.2) is 67.0 Å². The normalized spacial score (nSPS) is 22.5. The molecule has 6 rings (SSSR count). The Bertz CT molecular complexity index is 1500. The van der Waals surface area contributed by atoms with E-state index in [1.807, 2.05) is 56.3 Å². The Morgan fingerprint density at radius 3 is 2.33 bits per heavy atom. The molecule has 164 valence electrons. The fourth-order valence-corrected chi connectivity index (χ4v) is 5.06. The summed E-state index contributed by atoms with van der Waals surface area (Å²) < 4.78 is 1.79. The lowest BCUT2D eigenvalue weighted by Crippen LogP contribution is -2.58. The summed E-state index contributed by atoms with van der Waals surface area (Å²) in [7, 11) is 0. The number of rotatable bonds is 3. The third kappa shape index (κ3) is 3.20. The molecule has 0 unspecified atom stereocenters. The number of aromatic nitrogens is 5. The van der Waals surface area contributed by atoms with E-state index in [0.29, 0.717) is 24.0 Å². The Hall–Kier alpha value is -3.68. The van der Waals surface area contributed by atoms with Crippen molar-refractivity contribution in [2.24, 2.45) is 5.73 Å². The Morgan fingerprint density at radius 2 is 1.64 bits per heavy atom. The Balaban J connectivity index is 1.54. The van der Waals surface area contributed by atoms with Gasteiger partial charge in [0, 0.05) is 17.3 Å². The molecule has 0 atom stereocenters. The highest BCUT2D eigenvalue weighted by atomic mass is 16.3. The van der Waals surface area contributed by atoms with Crippen LogP contribution in [0.4, 0.5) is 0 Å². The molecular formula is C26H24N6O. The van der Waals surface area contributed by atoms with Crippen molar-refractivity contribution < 1.29 is 5.11 Å². The minimum Gasteiger partial charge on any atom is -0.390 e. The highest BCUT2D eigenvalue weighted by Gasteiger charge is 2.49. The van der Waals surface area contributed by atoms with Crippen molar-refractivity contribution in [3.8, 4) is 22.4 Å². The SMILES string of the molecule is Cc1cnc2cnc3c(-c4ccccc4)c(-c4ccc(C5(N)CC(C)(O)C5)cc4)nn3c2n1. The predicted octanol–water partition coefficient (Wildman–Crippen LogP) is 4.01. The Labute approximate surface area is 191 Å². The topological polar surface area (TPSA) is 102 Å². The molecule has 1 aliphatic rings. The zero-order valence-electron chi connectivity index (χ0n) is 18.5. The van der Waals surface area contributed by atoms with Crippen LogP contribution in [0.3, 0.4) is 0 Å². The number of nitrogens with two attached hydrogens (primary N) is 1. The third-order valence-corrected chi connectivity index (χ3v) is 6.46. The second-order valence-corrected chi connectivity index (χ2v) is 9.39. The number of aliphatic hydroxyl groups is 1. The van der Waals surface area contributed by atoms with Crippen LogP contribution in [0, 0.1) is 6.92 Å². The summed E-state index contributed by atoms with van der Waals surface area (Å²) >= 11 is 0. The molecule has 33 heavy (non-hydrogen) atoms. The lowest BCUT2D eigenvalue weighted by molar-refractivity contribution is -0.0738. The molecule has 7 heteroatoms. The molecule has 0 saturated heterocycles. The summed E-state index contributed by atoms with van der Waals surface area (Å²) in [5.41, 5.74) is 13.1. The molecule has 5 aromatic rings. The van der Waals surface area contributed by atoms with Crippen molar-refractivity contribution >= 4 is 16.8 Å². The molecule has 2 aromatic carbocycles. The van der Waals surface area contributed by atoms with Gasteiger partial charge in [0.1, 0.15) is 11.2 Å². The summed E-state index contributed by atoms with van der Waals surface area (Å²) in [4.78, 5) is 13.9. The van der Waals surface area contributed by atoms with Crippen LogP contribution < -0.4 is 5.73 Å². The van der Waals surface area contributed by atoms with Crippen LogP contribution in [0.25, 0.3) is 39.2 Å². The summed E-state index contributed by atoms with van der Waals surface area (Å²) in [5.74, 6) is 0. The first kappa shape index (κ1) is 20.0. The van der Waals surface area contributed by atoms with Crippen LogP contribution >= 0.6 is 0 Å².